The number of hydrogen-bond acceptors (Lipinski definition) is 1. The average molecular weight is 201 g/mol. The molecule has 0 spiro atoms. The van der Waals surface area contributed by atoms with Crippen LogP contribution in [0, 0.1) is 0 Å². The third-order valence-corrected chi connectivity index (χ3v) is 3.50. The number of nitrogens with zero attached hydrogens (tertiary/aromatic N) is 1. The molecule has 2 aromatic rings. The van der Waals surface area contributed by atoms with E-state index in [2.05, 4.69) is 35.9 Å². The molecule has 15 heavy (non-hydrogen) atoms. The van der Waals surface area contributed by atoms with Gasteiger partial charge in [-0.05, 0) is 24.5 Å². The molecule has 78 valence electrons. The van der Waals surface area contributed by atoms with E-state index in [9.17, 15) is 5.11 Å². The molecule has 2 heteroatoms. The van der Waals surface area contributed by atoms with Crippen LogP contribution in [0.5, 0.6) is 0 Å². The molecule has 1 heterocycles. The highest BCUT2D eigenvalue weighted by Crippen LogP contribution is 2.31. The van der Waals surface area contributed by atoms with E-state index in [0.29, 0.717) is 0 Å². The van der Waals surface area contributed by atoms with Crippen LogP contribution in [0.2, 0.25) is 0 Å². The van der Waals surface area contributed by atoms with E-state index in [1.807, 2.05) is 0 Å². The summed E-state index contributed by atoms with van der Waals surface area (Å²) in [4.78, 5) is 0. The van der Waals surface area contributed by atoms with Crippen molar-refractivity contribution in [1.82, 2.24) is 4.57 Å². The van der Waals surface area contributed by atoms with Crippen molar-refractivity contribution in [3.8, 4) is 0 Å². The van der Waals surface area contributed by atoms with Crippen LogP contribution >= 0.6 is 0 Å². The van der Waals surface area contributed by atoms with Gasteiger partial charge >= 0.3 is 0 Å². The molecule has 0 radical (unpaired) electrons. The first-order chi connectivity index (χ1) is 7.27. The maximum Gasteiger partial charge on any atom is 0.0585 e. The summed E-state index contributed by atoms with van der Waals surface area (Å²) in [6, 6.07) is 8.46. The minimum atomic E-state index is -0.150. The van der Waals surface area contributed by atoms with Crippen LogP contribution in [0.3, 0.4) is 0 Å². The largest absolute Gasteiger partial charge is 0.393 e. The van der Waals surface area contributed by atoms with Crippen molar-refractivity contribution in [2.75, 3.05) is 0 Å². The molecule has 1 aromatic heterocycles. The fourth-order valence-electron chi connectivity index (χ4n) is 2.71. The average Bonchev–Trinajstić information content (AvgIpc) is 2.54. The highest BCUT2D eigenvalue weighted by Gasteiger charge is 2.22. The first-order valence-electron chi connectivity index (χ1n) is 5.50. The lowest BCUT2D eigenvalue weighted by Gasteiger charge is -2.18. The second kappa shape index (κ2) is 3.11. The van der Waals surface area contributed by atoms with Crippen molar-refractivity contribution >= 4 is 10.9 Å². The number of aryl methyl sites for hydroxylation is 1. The van der Waals surface area contributed by atoms with Crippen molar-refractivity contribution < 1.29 is 5.11 Å². The lowest BCUT2D eigenvalue weighted by Crippen LogP contribution is -2.19. The number of benzene rings is 1. The van der Waals surface area contributed by atoms with E-state index in [1.54, 1.807) is 0 Å². The van der Waals surface area contributed by atoms with Gasteiger partial charge in [0.15, 0.2) is 0 Å². The Labute approximate surface area is 89.1 Å². The first kappa shape index (κ1) is 8.98. The van der Waals surface area contributed by atoms with Crippen molar-refractivity contribution in [3.05, 3.63) is 35.5 Å². The van der Waals surface area contributed by atoms with Gasteiger partial charge in [-0.25, -0.2) is 0 Å². The number of aliphatic hydroxyl groups is 1. The van der Waals surface area contributed by atoms with Gasteiger partial charge in [-0.3, -0.25) is 0 Å². The minimum absolute atomic E-state index is 0.150. The molecule has 2 nitrogen and oxygen atoms in total. The van der Waals surface area contributed by atoms with Gasteiger partial charge in [0.1, 0.15) is 0 Å². The van der Waals surface area contributed by atoms with Crippen LogP contribution in [0.1, 0.15) is 17.7 Å². The minimum Gasteiger partial charge on any atom is -0.393 e. The van der Waals surface area contributed by atoms with Crippen LogP contribution in [0.15, 0.2) is 24.3 Å². The summed E-state index contributed by atoms with van der Waals surface area (Å²) in [5, 5.41) is 11.0. The molecule has 0 bridgehead atoms. The van der Waals surface area contributed by atoms with Gasteiger partial charge < -0.3 is 9.67 Å². The quantitative estimate of drug-likeness (QED) is 0.693. The Kier molecular flexibility index (Phi) is 1.86. The summed E-state index contributed by atoms with van der Waals surface area (Å²) in [6.45, 7) is 0. The number of aliphatic hydroxyl groups excluding tert-OH is 1. The third-order valence-electron chi connectivity index (χ3n) is 3.50. The Bertz CT molecular complexity index is 512. The summed E-state index contributed by atoms with van der Waals surface area (Å²) < 4.78 is 2.27. The molecule has 1 aliphatic carbocycles. The molecule has 0 amide bonds. The van der Waals surface area contributed by atoms with Crippen LogP contribution in [-0.4, -0.2) is 15.8 Å². The summed E-state index contributed by atoms with van der Waals surface area (Å²) in [6.07, 6.45) is 2.57. The normalized spacial score (nSPS) is 20.5. The maximum atomic E-state index is 9.72. The predicted molar refractivity (Wildman–Crippen MR) is 61.0 cm³/mol. The predicted octanol–water partition coefficient (Wildman–Crippen LogP) is 2.03. The van der Waals surface area contributed by atoms with E-state index in [-0.39, 0.29) is 6.10 Å². The summed E-state index contributed by atoms with van der Waals surface area (Å²) >= 11 is 0. The zero-order valence-corrected chi connectivity index (χ0v) is 8.90. The fraction of sp³-hybridized carbons (Fsp3) is 0.385. The van der Waals surface area contributed by atoms with E-state index in [1.165, 1.54) is 22.2 Å². The van der Waals surface area contributed by atoms with E-state index >= 15 is 0 Å². The molecular formula is C13H15NO. The van der Waals surface area contributed by atoms with Crippen LogP contribution < -0.4 is 0 Å². The van der Waals surface area contributed by atoms with Crippen molar-refractivity contribution in [2.45, 2.75) is 25.4 Å². The Morgan fingerprint density at radius 2 is 2.13 bits per heavy atom. The molecule has 1 unspecified atom stereocenters. The van der Waals surface area contributed by atoms with E-state index < -0.39 is 0 Å². The summed E-state index contributed by atoms with van der Waals surface area (Å²) in [7, 11) is 2.12. The molecule has 1 atom stereocenters. The van der Waals surface area contributed by atoms with E-state index in [0.717, 1.165) is 19.3 Å². The standard InChI is InChI=1S/C13H15NO/c1-14-12-5-3-2-4-10(12)11-8-9(15)6-7-13(11)14/h2-5,9,15H,6-8H2,1H3. The summed E-state index contributed by atoms with van der Waals surface area (Å²) in [5.41, 5.74) is 4.05. The molecule has 0 saturated carbocycles. The topological polar surface area (TPSA) is 25.2 Å². The number of aromatic nitrogens is 1. The van der Waals surface area contributed by atoms with Gasteiger partial charge in [-0.15, -0.1) is 0 Å². The molecule has 1 aliphatic rings. The van der Waals surface area contributed by atoms with Gasteiger partial charge in [0.05, 0.1) is 6.10 Å². The number of hydrogen-bond donors (Lipinski definition) is 1. The van der Waals surface area contributed by atoms with E-state index in [4.69, 9.17) is 0 Å². The monoisotopic (exact) mass is 201 g/mol. The molecule has 3 rings (SSSR count). The number of rotatable bonds is 0. The highest BCUT2D eigenvalue weighted by atomic mass is 16.3. The Morgan fingerprint density at radius 3 is 3.00 bits per heavy atom. The second-order valence-corrected chi connectivity index (χ2v) is 4.40. The molecule has 1 N–H and O–H groups in total. The SMILES string of the molecule is Cn1c2c(c3ccccc31)CC(O)CC2. The van der Waals surface area contributed by atoms with Gasteiger partial charge in [-0.2, -0.15) is 0 Å². The smallest absolute Gasteiger partial charge is 0.0585 e. The molecule has 0 aliphatic heterocycles. The zero-order valence-electron chi connectivity index (χ0n) is 8.90. The van der Waals surface area contributed by atoms with Crippen LogP contribution in [0.4, 0.5) is 0 Å². The van der Waals surface area contributed by atoms with Gasteiger partial charge in [-0.1, -0.05) is 18.2 Å². The van der Waals surface area contributed by atoms with Crippen molar-refractivity contribution in [1.29, 1.82) is 0 Å². The first-order valence-corrected chi connectivity index (χ1v) is 5.50. The number of fused-ring (bicyclic) bond motifs is 3. The fourth-order valence-corrected chi connectivity index (χ4v) is 2.71. The third kappa shape index (κ3) is 1.21. The van der Waals surface area contributed by atoms with Crippen molar-refractivity contribution in [3.63, 3.8) is 0 Å². The van der Waals surface area contributed by atoms with Gasteiger partial charge in [0, 0.05) is 30.1 Å². The molecule has 0 fully saturated rings. The van der Waals surface area contributed by atoms with Gasteiger partial charge in [0.25, 0.3) is 0 Å². The molecular weight excluding hydrogens is 186 g/mol. The summed E-state index contributed by atoms with van der Waals surface area (Å²) in [5.74, 6) is 0. The number of para-hydroxylation sites is 1. The lowest BCUT2D eigenvalue weighted by atomic mass is 9.93. The Hall–Kier alpha value is -1.28. The second-order valence-electron chi connectivity index (χ2n) is 4.40. The lowest BCUT2D eigenvalue weighted by molar-refractivity contribution is 0.158. The van der Waals surface area contributed by atoms with Crippen LogP contribution in [0.25, 0.3) is 10.9 Å². The Balaban J connectivity index is 2.33. The molecule has 1 aromatic carbocycles. The van der Waals surface area contributed by atoms with Crippen molar-refractivity contribution in [2.24, 2.45) is 7.05 Å². The maximum absolute atomic E-state index is 9.72. The molecule has 0 saturated heterocycles. The zero-order chi connectivity index (χ0) is 10.4. The Morgan fingerprint density at radius 1 is 1.33 bits per heavy atom. The van der Waals surface area contributed by atoms with Gasteiger partial charge in [0.2, 0.25) is 0 Å². The van der Waals surface area contributed by atoms with Crippen LogP contribution in [-0.2, 0) is 19.9 Å². The highest BCUT2D eigenvalue weighted by molar-refractivity contribution is 5.85.